The first-order valence-electron chi connectivity index (χ1n) is 10.3. The average Bonchev–Trinajstić information content (AvgIpc) is 3.14. The number of carbonyl (C=O) groups is 1. The maximum Gasteiger partial charge on any atom is 0.230 e. The molecule has 6 nitrogen and oxygen atoms in total. The first-order chi connectivity index (χ1) is 13.6. The standard InChI is InChI=1S/C21H28FN5O/c1-26-13-9-15(10-14-26)8-11-23-21(28)18-3-2-12-27-19(24-25-20(18)27)16-4-6-17(22)7-5-16/h4-7,15,18H,2-3,8-14H2,1H3,(H,23,28). The van der Waals surface area contributed by atoms with Crippen LogP contribution in [0.4, 0.5) is 4.39 Å². The summed E-state index contributed by atoms with van der Waals surface area (Å²) in [7, 11) is 2.16. The van der Waals surface area contributed by atoms with E-state index in [1.807, 2.05) is 4.57 Å². The van der Waals surface area contributed by atoms with E-state index in [2.05, 4.69) is 27.5 Å². The zero-order valence-electron chi connectivity index (χ0n) is 16.4. The second kappa shape index (κ2) is 8.39. The highest BCUT2D eigenvalue weighted by Gasteiger charge is 2.31. The lowest BCUT2D eigenvalue weighted by atomic mass is 9.93. The van der Waals surface area contributed by atoms with Gasteiger partial charge in [-0.2, -0.15) is 0 Å². The molecule has 1 atom stereocenters. The van der Waals surface area contributed by atoms with Gasteiger partial charge in [-0.25, -0.2) is 4.39 Å². The summed E-state index contributed by atoms with van der Waals surface area (Å²) in [4.78, 5) is 15.2. The van der Waals surface area contributed by atoms with Gasteiger partial charge in [-0.15, -0.1) is 10.2 Å². The Labute approximate surface area is 165 Å². The molecule has 1 fully saturated rings. The predicted octanol–water partition coefficient (Wildman–Crippen LogP) is 2.81. The number of likely N-dealkylation sites (tertiary alicyclic amines) is 1. The van der Waals surface area contributed by atoms with Crippen molar-refractivity contribution < 1.29 is 9.18 Å². The van der Waals surface area contributed by atoms with Crippen LogP contribution in [0.2, 0.25) is 0 Å². The maximum absolute atomic E-state index is 13.2. The van der Waals surface area contributed by atoms with Gasteiger partial charge in [0, 0.05) is 18.7 Å². The van der Waals surface area contributed by atoms with E-state index in [-0.39, 0.29) is 17.6 Å². The Balaban J connectivity index is 1.39. The number of carbonyl (C=O) groups excluding carboxylic acids is 1. The van der Waals surface area contributed by atoms with Crippen LogP contribution in [0.5, 0.6) is 0 Å². The number of aromatic nitrogens is 3. The summed E-state index contributed by atoms with van der Waals surface area (Å²) in [6.07, 6.45) is 5.17. The van der Waals surface area contributed by atoms with Crippen molar-refractivity contribution in [3.05, 3.63) is 35.9 Å². The fourth-order valence-corrected chi connectivity index (χ4v) is 4.31. The van der Waals surface area contributed by atoms with Crippen LogP contribution in [0.3, 0.4) is 0 Å². The van der Waals surface area contributed by atoms with Crippen molar-refractivity contribution in [3.8, 4) is 11.4 Å². The molecule has 0 spiro atoms. The Morgan fingerprint density at radius 3 is 2.64 bits per heavy atom. The number of nitrogens with one attached hydrogen (secondary N) is 1. The van der Waals surface area contributed by atoms with Crippen LogP contribution in [0.25, 0.3) is 11.4 Å². The second-order valence-corrected chi connectivity index (χ2v) is 8.06. The van der Waals surface area contributed by atoms with Crippen molar-refractivity contribution in [3.63, 3.8) is 0 Å². The normalized spacial score (nSPS) is 20.7. The van der Waals surface area contributed by atoms with Gasteiger partial charge in [0.25, 0.3) is 0 Å². The first kappa shape index (κ1) is 19.1. The van der Waals surface area contributed by atoms with E-state index >= 15 is 0 Å². The Kier molecular flexibility index (Phi) is 5.71. The van der Waals surface area contributed by atoms with Crippen LogP contribution in [-0.2, 0) is 11.3 Å². The number of hydrogen-bond acceptors (Lipinski definition) is 4. The van der Waals surface area contributed by atoms with Crippen molar-refractivity contribution in [1.29, 1.82) is 0 Å². The zero-order chi connectivity index (χ0) is 19.5. The molecule has 150 valence electrons. The van der Waals surface area contributed by atoms with Crippen molar-refractivity contribution in [2.75, 3.05) is 26.7 Å². The molecule has 28 heavy (non-hydrogen) atoms. The lowest BCUT2D eigenvalue weighted by Crippen LogP contribution is -2.36. The van der Waals surface area contributed by atoms with E-state index in [1.54, 1.807) is 12.1 Å². The number of fused-ring (bicyclic) bond motifs is 1. The summed E-state index contributed by atoms with van der Waals surface area (Å²) in [5.74, 6) is 1.65. The Hall–Kier alpha value is -2.28. The third-order valence-corrected chi connectivity index (χ3v) is 6.07. The van der Waals surface area contributed by atoms with Crippen LogP contribution in [0.1, 0.15) is 43.8 Å². The summed E-state index contributed by atoms with van der Waals surface area (Å²) in [5, 5.41) is 11.7. The molecule has 7 heteroatoms. The molecule has 2 aliphatic rings. The molecule has 0 radical (unpaired) electrons. The van der Waals surface area contributed by atoms with E-state index in [4.69, 9.17) is 0 Å². The van der Waals surface area contributed by atoms with E-state index in [1.165, 1.54) is 25.0 Å². The molecule has 4 rings (SSSR count). The molecule has 1 N–H and O–H groups in total. The summed E-state index contributed by atoms with van der Waals surface area (Å²) in [6, 6.07) is 6.26. The number of benzene rings is 1. The molecule has 1 aromatic carbocycles. The zero-order valence-corrected chi connectivity index (χ0v) is 16.4. The number of rotatable bonds is 5. The van der Waals surface area contributed by atoms with Crippen LogP contribution < -0.4 is 5.32 Å². The monoisotopic (exact) mass is 385 g/mol. The Morgan fingerprint density at radius 2 is 1.89 bits per heavy atom. The van der Waals surface area contributed by atoms with Crippen LogP contribution in [-0.4, -0.2) is 52.3 Å². The smallest absolute Gasteiger partial charge is 0.230 e. The number of nitrogens with zero attached hydrogens (tertiary/aromatic N) is 4. The van der Waals surface area contributed by atoms with E-state index in [0.29, 0.717) is 11.7 Å². The fourth-order valence-electron chi connectivity index (χ4n) is 4.31. The highest BCUT2D eigenvalue weighted by atomic mass is 19.1. The highest BCUT2D eigenvalue weighted by molar-refractivity contribution is 5.83. The molecule has 0 saturated carbocycles. The van der Waals surface area contributed by atoms with Gasteiger partial charge in [0.15, 0.2) is 5.82 Å². The van der Waals surface area contributed by atoms with Gasteiger partial charge in [0.1, 0.15) is 11.6 Å². The van der Waals surface area contributed by atoms with Gasteiger partial charge in [0.05, 0.1) is 5.92 Å². The minimum Gasteiger partial charge on any atom is -0.355 e. The number of hydrogen-bond donors (Lipinski definition) is 1. The third kappa shape index (κ3) is 4.09. The van der Waals surface area contributed by atoms with Crippen molar-refractivity contribution >= 4 is 5.91 Å². The number of halogens is 1. The molecule has 1 unspecified atom stereocenters. The average molecular weight is 385 g/mol. The topological polar surface area (TPSA) is 63.1 Å². The molecule has 0 aliphatic carbocycles. The number of amides is 1. The predicted molar refractivity (Wildman–Crippen MR) is 105 cm³/mol. The van der Waals surface area contributed by atoms with E-state index < -0.39 is 0 Å². The Morgan fingerprint density at radius 1 is 1.14 bits per heavy atom. The van der Waals surface area contributed by atoms with Gasteiger partial charge in [-0.1, -0.05) is 0 Å². The van der Waals surface area contributed by atoms with Crippen LogP contribution >= 0.6 is 0 Å². The minimum atomic E-state index is -0.274. The molecule has 3 heterocycles. The molecular weight excluding hydrogens is 357 g/mol. The fraction of sp³-hybridized carbons (Fsp3) is 0.571. The minimum absolute atomic E-state index is 0.0481. The summed E-state index contributed by atoms with van der Waals surface area (Å²) in [5.41, 5.74) is 0.823. The molecule has 1 saturated heterocycles. The molecule has 1 aromatic heterocycles. The molecular formula is C21H28FN5O. The van der Waals surface area contributed by atoms with Crippen LogP contribution in [0.15, 0.2) is 24.3 Å². The molecule has 2 aliphatic heterocycles. The quantitative estimate of drug-likeness (QED) is 0.860. The maximum atomic E-state index is 13.2. The SMILES string of the molecule is CN1CCC(CCNC(=O)C2CCCn3c(-c4ccc(F)cc4)nnc32)CC1. The van der Waals surface area contributed by atoms with Crippen molar-refractivity contribution in [2.24, 2.45) is 5.92 Å². The summed E-state index contributed by atoms with van der Waals surface area (Å²) < 4.78 is 15.2. The number of piperidine rings is 1. The lowest BCUT2D eigenvalue weighted by Gasteiger charge is -2.29. The van der Waals surface area contributed by atoms with Gasteiger partial charge in [-0.05, 0) is 82.4 Å². The van der Waals surface area contributed by atoms with Crippen molar-refractivity contribution in [2.45, 2.75) is 44.6 Å². The van der Waals surface area contributed by atoms with Gasteiger partial charge >= 0.3 is 0 Å². The third-order valence-electron chi connectivity index (χ3n) is 6.07. The van der Waals surface area contributed by atoms with E-state index in [0.717, 1.165) is 56.8 Å². The van der Waals surface area contributed by atoms with Crippen molar-refractivity contribution in [1.82, 2.24) is 25.0 Å². The Bertz CT molecular complexity index is 811. The summed E-state index contributed by atoms with van der Waals surface area (Å²) >= 11 is 0. The highest BCUT2D eigenvalue weighted by Crippen LogP contribution is 2.30. The summed E-state index contributed by atoms with van der Waals surface area (Å²) in [6.45, 7) is 3.81. The van der Waals surface area contributed by atoms with Gasteiger partial charge in [-0.3, -0.25) is 4.79 Å². The molecule has 1 amide bonds. The van der Waals surface area contributed by atoms with Crippen LogP contribution in [0, 0.1) is 11.7 Å². The second-order valence-electron chi connectivity index (χ2n) is 8.06. The largest absolute Gasteiger partial charge is 0.355 e. The molecule has 0 bridgehead atoms. The first-order valence-corrected chi connectivity index (χ1v) is 10.3. The van der Waals surface area contributed by atoms with Gasteiger partial charge in [0.2, 0.25) is 5.91 Å². The van der Waals surface area contributed by atoms with Gasteiger partial charge < -0.3 is 14.8 Å². The lowest BCUT2D eigenvalue weighted by molar-refractivity contribution is -0.123. The van der Waals surface area contributed by atoms with E-state index in [9.17, 15) is 9.18 Å². The molecule has 2 aromatic rings.